The van der Waals surface area contributed by atoms with Crippen molar-refractivity contribution in [2.45, 2.75) is 12.2 Å². The fourth-order valence-electron chi connectivity index (χ4n) is 1.81. The third-order valence-corrected chi connectivity index (χ3v) is 3.96. The zero-order valence-corrected chi connectivity index (χ0v) is 13.0. The second kappa shape index (κ2) is 7.70. The van der Waals surface area contributed by atoms with Gasteiger partial charge < -0.3 is 4.74 Å². The third kappa shape index (κ3) is 4.80. The topological polar surface area (TPSA) is 26.3 Å². The standard InChI is InChI=1S/C18H18O2S/c1-14(21-18(19)16-6-4-3-5-7-16)8-9-15-10-12-17(20-2)13-11-15/h3-14H,1-2H3/b9-8+. The molecule has 0 saturated carbocycles. The van der Waals surface area contributed by atoms with Crippen molar-refractivity contribution in [2.75, 3.05) is 7.11 Å². The number of rotatable bonds is 5. The minimum absolute atomic E-state index is 0.0995. The van der Waals surface area contributed by atoms with Crippen LogP contribution in [0.15, 0.2) is 60.7 Å². The lowest BCUT2D eigenvalue weighted by Gasteiger charge is -2.05. The van der Waals surface area contributed by atoms with E-state index in [-0.39, 0.29) is 10.4 Å². The van der Waals surface area contributed by atoms with Gasteiger partial charge in [0.15, 0.2) is 0 Å². The number of hydrogen-bond acceptors (Lipinski definition) is 3. The smallest absolute Gasteiger partial charge is 0.219 e. The Morgan fingerprint density at radius 2 is 1.76 bits per heavy atom. The van der Waals surface area contributed by atoms with E-state index in [1.165, 1.54) is 11.8 Å². The molecule has 2 rings (SSSR count). The Morgan fingerprint density at radius 1 is 1.10 bits per heavy atom. The van der Waals surface area contributed by atoms with Crippen molar-refractivity contribution < 1.29 is 9.53 Å². The fraction of sp³-hybridized carbons (Fsp3) is 0.167. The molecular formula is C18H18O2S. The summed E-state index contributed by atoms with van der Waals surface area (Å²) in [5.74, 6) is 0.842. The van der Waals surface area contributed by atoms with Gasteiger partial charge in [-0.3, -0.25) is 4.79 Å². The number of benzene rings is 2. The first kappa shape index (κ1) is 15.4. The Hall–Kier alpha value is -2.00. The number of hydrogen-bond donors (Lipinski definition) is 0. The van der Waals surface area contributed by atoms with Gasteiger partial charge in [-0.1, -0.05) is 66.4 Å². The average Bonchev–Trinajstić information content (AvgIpc) is 2.54. The number of thioether (sulfide) groups is 1. The first-order chi connectivity index (χ1) is 10.2. The Kier molecular flexibility index (Phi) is 5.64. The molecule has 1 atom stereocenters. The Morgan fingerprint density at radius 3 is 2.38 bits per heavy atom. The van der Waals surface area contributed by atoms with E-state index in [4.69, 9.17) is 4.74 Å². The van der Waals surface area contributed by atoms with Gasteiger partial charge in [-0.15, -0.1) is 0 Å². The number of carbonyl (C=O) groups is 1. The minimum Gasteiger partial charge on any atom is -0.497 e. The molecule has 108 valence electrons. The van der Waals surface area contributed by atoms with Crippen molar-refractivity contribution >= 4 is 23.0 Å². The second-order valence-corrected chi connectivity index (χ2v) is 5.96. The SMILES string of the molecule is COc1ccc(/C=C/C(C)SC(=O)c2ccccc2)cc1. The Balaban J connectivity index is 1.93. The molecule has 21 heavy (non-hydrogen) atoms. The number of carbonyl (C=O) groups excluding carboxylic acids is 1. The van der Waals surface area contributed by atoms with Crippen LogP contribution in [0.5, 0.6) is 5.75 Å². The normalized spacial score (nSPS) is 12.3. The number of ether oxygens (including phenoxy) is 1. The summed E-state index contributed by atoms with van der Waals surface area (Å²) < 4.78 is 5.12. The summed E-state index contributed by atoms with van der Waals surface area (Å²) in [4.78, 5) is 12.1. The van der Waals surface area contributed by atoms with E-state index in [0.717, 1.165) is 16.9 Å². The monoisotopic (exact) mass is 298 g/mol. The molecule has 0 N–H and O–H groups in total. The van der Waals surface area contributed by atoms with Crippen molar-refractivity contribution in [3.05, 3.63) is 71.8 Å². The van der Waals surface area contributed by atoms with Gasteiger partial charge >= 0.3 is 0 Å². The van der Waals surface area contributed by atoms with Crippen molar-refractivity contribution in [3.8, 4) is 5.75 Å². The summed E-state index contributed by atoms with van der Waals surface area (Å²) in [6, 6.07) is 17.2. The summed E-state index contributed by atoms with van der Waals surface area (Å²) in [5.41, 5.74) is 1.84. The van der Waals surface area contributed by atoms with E-state index in [2.05, 4.69) is 0 Å². The van der Waals surface area contributed by atoms with Crippen LogP contribution in [-0.4, -0.2) is 17.5 Å². The van der Waals surface area contributed by atoms with Crippen LogP contribution in [0.2, 0.25) is 0 Å². The highest BCUT2D eigenvalue weighted by Crippen LogP contribution is 2.20. The quantitative estimate of drug-likeness (QED) is 0.802. The largest absolute Gasteiger partial charge is 0.497 e. The molecule has 0 bridgehead atoms. The first-order valence-electron chi connectivity index (χ1n) is 6.77. The predicted molar refractivity (Wildman–Crippen MR) is 89.9 cm³/mol. The molecule has 0 aromatic heterocycles. The van der Waals surface area contributed by atoms with Crippen LogP contribution in [0, 0.1) is 0 Å². The van der Waals surface area contributed by atoms with Gasteiger partial charge in [0.1, 0.15) is 5.75 Å². The summed E-state index contributed by atoms with van der Waals surface area (Å²) in [5, 5.41) is 0.224. The van der Waals surface area contributed by atoms with Gasteiger partial charge in [0.05, 0.1) is 7.11 Å². The van der Waals surface area contributed by atoms with E-state index >= 15 is 0 Å². The Bertz CT molecular complexity index is 603. The summed E-state index contributed by atoms with van der Waals surface area (Å²) in [6.45, 7) is 2.02. The molecular weight excluding hydrogens is 280 g/mol. The van der Waals surface area contributed by atoms with Gasteiger partial charge in [-0.05, 0) is 24.6 Å². The van der Waals surface area contributed by atoms with E-state index < -0.39 is 0 Å². The average molecular weight is 298 g/mol. The van der Waals surface area contributed by atoms with Gasteiger partial charge in [-0.2, -0.15) is 0 Å². The predicted octanol–water partition coefficient (Wildman–Crippen LogP) is 4.67. The van der Waals surface area contributed by atoms with Gasteiger partial charge in [-0.25, -0.2) is 0 Å². The lowest BCUT2D eigenvalue weighted by molar-refractivity contribution is 0.108. The van der Waals surface area contributed by atoms with Crippen LogP contribution < -0.4 is 4.74 Å². The fourth-order valence-corrected chi connectivity index (χ4v) is 2.58. The summed E-state index contributed by atoms with van der Waals surface area (Å²) >= 11 is 1.33. The van der Waals surface area contributed by atoms with E-state index in [1.807, 2.05) is 73.7 Å². The lowest BCUT2D eigenvalue weighted by atomic mass is 10.2. The minimum atomic E-state index is 0.0995. The zero-order valence-electron chi connectivity index (χ0n) is 12.2. The van der Waals surface area contributed by atoms with Crippen LogP contribution in [0.25, 0.3) is 6.08 Å². The highest BCUT2D eigenvalue weighted by atomic mass is 32.2. The molecule has 0 aliphatic heterocycles. The van der Waals surface area contributed by atoms with Gasteiger partial charge in [0.25, 0.3) is 0 Å². The molecule has 1 unspecified atom stereocenters. The highest BCUT2D eigenvalue weighted by Gasteiger charge is 2.09. The van der Waals surface area contributed by atoms with Crippen molar-refractivity contribution in [1.82, 2.24) is 0 Å². The maximum Gasteiger partial charge on any atom is 0.219 e. The summed E-state index contributed by atoms with van der Waals surface area (Å²) in [6.07, 6.45) is 4.06. The van der Waals surface area contributed by atoms with Crippen LogP contribution in [0.3, 0.4) is 0 Å². The Labute approximate surface area is 129 Å². The molecule has 0 aliphatic carbocycles. The molecule has 0 heterocycles. The van der Waals surface area contributed by atoms with Gasteiger partial charge in [0.2, 0.25) is 5.12 Å². The van der Waals surface area contributed by atoms with Crippen molar-refractivity contribution in [1.29, 1.82) is 0 Å². The van der Waals surface area contributed by atoms with Crippen LogP contribution >= 0.6 is 11.8 Å². The molecule has 0 saturated heterocycles. The second-order valence-electron chi connectivity index (χ2n) is 4.61. The van der Waals surface area contributed by atoms with E-state index in [0.29, 0.717) is 0 Å². The van der Waals surface area contributed by atoms with Crippen LogP contribution in [-0.2, 0) is 0 Å². The molecule has 0 fully saturated rings. The maximum atomic E-state index is 12.1. The molecule has 0 spiro atoms. The van der Waals surface area contributed by atoms with Crippen LogP contribution in [0.4, 0.5) is 0 Å². The molecule has 2 aromatic carbocycles. The molecule has 2 nitrogen and oxygen atoms in total. The molecule has 0 amide bonds. The summed E-state index contributed by atoms with van der Waals surface area (Å²) in [7, 11) is 1.65. The molecule has 2 aromatic rings. The maximum absolute atomic E-state index is 12.1. The highest BCUT2D eigenvalue weighted by molar-refractivity contribution is 8.14. The van der Waals surface area contributed by atoms with Crippen LogP contribution in [0.1, 0.15) is 22.8 Å². The molecule has 3 heteroatoms. The number of methoxy groups -OCH3 is 1. The molecule has 0 aliphatic rings. The first-order valence-corrected chi connectivity index (χ1v) is 7.65. The zero-order chi connectivity index (χ0) is 15.1. The van der Waals surface area contributed by atoms with E-state index in [1.54, 1.807) is 7.11 Å². The third-order valence-electron chi connectivity index (χ3n) is 2.98. The van der Waals surface area contributed by atoms with Gasteiger partial charge in [0, 0.05) is 10.8 Å². The van der Waals surface area contributed by atoms with E-state index in [9.17, 15) is 4.79 Å². The van der Waals surface area contributed by atoms with Crippen molar-refractivity contribution in [3.63, 3.8) is 0 Å². The van der Waals surface area contributed by atoms with Crippen molar-refractivity contribution in [2.24, 2.45) is 0 Å². The molecule has 0 radical (unpaired) electrons. The lowest BCUT2D eigenvalue weighted by Crippen LogP contribution is -1.99.